The molecule has 0 radical (unpaired) electrons. The molecule has 2 atom stereocenters. The van der Waals surface area contributed by atoms with E-state index in [0.29, 0.717) is 18.8 Å². The lowest BCUT2D eigenvalue weighted by atomic mass is 10.1. The molecule has 3 aromatic rings. The molecule has 1 saturated heterocycles. The first kappa shape index (κ1) is 18.3. The standard InChI is InChI=1S/C21H23N5O2/c1-13-5-7-14(8-6-13)19-20(16-4-2-3-9-22-16)26-18(25-19)12-24-21(28)17-10-15(27)11-23-17/h2-9,15,17,23,27H,10-12H2,1H3,(H,24,28)(H,25,26)/t15-,17+/m1/s1. The van der Waals surface area contributed by atoms with Crippen LogP contribution in [-0.2, 0) is 11.3 Å². The van der Waals surface area contributed by atoms with Gasteiger partial charge in [0.1, 0.15) is 5.82 Å². The summed E-state index contributed by atoms with van der Waals surface area (Å²) in [7, 11) is 0. The highest BCUT2D eigenvalue weighted by Crippen LogP contribution is 2.29. The van der Waals surface area contributed by atoms with E-state index in [-0.39, 0.29) is 18.5 Å². The Morgan fingerprint density at radius 3 is 2.75 bits per heavy atom. The zero-order valence-corrected chi connectivity index (χ0v) is 15.6. The monoisotopic (exact) mass is 377 g/mol. The van der Waals surface area contributed by atoms with E-state index in [2.05, 4.69) is 20.6 Å². The topological polar surface area (TPSA) is 103 Å². The number of amides is 1. The number of aryl methyl sites for hydroxylation is 1. The highest BCUT2D eigenvalue weighted by Gasteiger charge is 2.28. The third-order valence-electron chi connectivity index (χ3n) is 4.85. The van der Waals surface area contributed by atoms with Gasteiger partial charge in [-0.05, 0) is 25.5 Å². The van der Waals surface area contributed by atoms with Gasteiger partial charge in [0.25, 0.3) is 0 Å². The number of imidazole rings is 1. The second-order valence-electron chi connectivity index (χ2n) is 7.06. The summed E-state index contributed by atoms with van der Waals surface area (Å²) in [5.41, 5.74) is 4.59. The third kappa shape index (κ3) is 3.95. The van der Waals surface area contributed by atoms with Gasteiger partial charge in [-0.1, -0.05) is 35.9 Å². The second kappa shape index (κ2) is 7.92. The summed E-state index contributed by atoms with van der Waals surface area (Å²) in [5.74, 6) is 0.521. The van der Waals surface area contributed by atoms with Crippen LogP contribution in [0.3, 0.4) is 0 Å². The Labute approximate surface area is 163 Å². The molecule has 0 aliphatic carbocycles. The fourth-order valence-corrected chi connectivity index (χ4v) is 3.33. The molecule has 7 nitrogen and oxygen atoms in total. The lowest BCUT2D eigenvalue weighted by molar-refractivity contribution is -0.123. The molecule has 4 N–H and O–H groups in total. The van der Waals surface area contributed by atoms with Crippen molar-refractivity contribution in [3.05, 3.63) is 60.0 Å². The van der Waals surface area contributed by atoms with Crippen LogP contribution in [0.25, 0.3) is 22.6 Å². The number of carbonyl (C=O) groups is 1. The minimum absolute atomic E-state index is 0.135. The first-order valence-corrected chi connectivity index (χ1v) is 9.36. The molecule has 3 heterocycles. The van der Waals surface area contributed by atoms with Crippen molar-refractivity contribution in [2.45, 2.75) is 32.0 Å². The predicted octanol–water partition coefficient (Wildman–Crippen LogP) is 1.79. The van der Waals surface area contributed by atoms with Gasteiger partial charge in [0, 0.05) is 18.3 Å². The van der Waals surface area contributed by atoms with Crippen LogP contribution in [0.5, 0.6) is 0 Å². The summed E-state index contributed by atoms with van der Waals surface area (Å²) in [6.45, 7) is 2.77. The molecule has 1 aromatic carbocycles. The quantitative estimate of drug-likeness (QED) is 0.543. The average Bonchev–Trinajstić information content (AvgIpc) is 3.34. The van der Waals surface area contributed by atoms with E-state index in [0.717, 1.165) is 22.6 Å². The van der Waals surface area contributed by atoms with Crippen LogP contribution in [-0.4, -0.2) is 44.7 Å². The van der Waals surface area contributed by atoms with Crippen LogP contribution >= 0.6 is 0 Å². The summed E-state index contributed by atoms with van der Waals surface area (Å²) in [6, 6.07) is 13.5. The largest absolute Gasteiger partial charge is 0.392 e. The van der Waals surface area contributed by atoms with Crippen molar-refractivity contribution in [1.29, 1.82) is 0 Å². The molecule has 0 unspecified atom stereocenters. The Morgan fingerprint density at radius 1 is 1.25 bits per heavy atom. The summed E-state index contributed by atoms with van der Waals surface area (Å²) < 4.78 is 0. The highest BCUT2D eigenvalue weighted by molar-refractivity contribution is 5.82. The van der Waals surface area contributed by atoms with Crippen molar-refractivity contribution in [2.24, 2.45) is 0 Å². The van der Waals surface area contributed by atoms with Gasteiger partial charge in [-0.2, -0.15) is 0 Å². The van der Waals surface area contributed by atoms with Crippen molar-refractivity contribution >= 4 is 5.91 Å². The summed E-state index contributed by atoms with van der Waals surface area (Å²) in [4.78, 5) is 24.8. The molecule has 28 heavy (non-hydrogen) atoms. The Balaban J connectivity index is 1.58. The minimum Gasteiger partial charge on any atom is -0.392 e. The molecule has 7 heteroatoms. The Bertz CT molecular complexity index is 953. The lowest BCUT2D eigenvalue weighted by Crippen LogP contribution is -2.40. The minimum atomic E-state index is -0.469. The van der Waals surface area contributed by atoms with E-state index in [1.807, 2.05) is 49.4 Å². The number of benzene rings is 1. The van der Waals surface area contributed by atoms with Crippen LogP contribution in [0.4, 0.5) is 0 Å². The summed E-state index contributed by atoms with van der Waals surface area (Å²) >= 11 is 0. The average molecular weight is 377 g/mol. The van der Waals surface area contributed by atoms with E-state index < -0.39 is 6.10 Å². The molecule has 4 rings (SSSR count). The molecule has 0 bridgehead atoms. The fourth-order valence-electron chi connectivity index (χ4n) is 3.33. The van der Waals surface area contributed by atoms with Crippen molar-refractivity contribution in [2.75, 3.05) is 6.54 Å². The first-order valence-electron chi connectivity index (χ1n) is 9.36. The van der Waals surface area contributed by atoms with Gasteiger partial charge in [-0.3, -0.25) is 9.78 Å². The zero-order chi connectivity index (χ0) is 19.5. The Hall–Kier alpha value is -3.03. The maximum absolute atomic E-state index is 12.3. The second-order valence-corrected chi connectivity index (χ2v) is 7.06. The number of pyridine rings is 1. The van der Waals surface area contributed by atoms with Gasteiger partial charge in [0.05, 0.1) is 35.8 Å². The molecule has 0 saturated carbocycles. The number of aliphatic hydroxyl groups excluding tert-OH is 1. The van der Waals surface area contributed by atoms with Gasteiger partial charge >= 0.3 is 0 Å². The van der Waals surface area contributed by atoms with Crippen molar-refractivity contribution in [1.82, 2.24) is 25.6 Å². The van der Waals surface area contributed by atoms with Crippen LogP contribution in [0.15, 0.2) is 48.7 Å². The molecular formula is C21H23N5O2. The number of rotatable bonds is 5. The molecule has 1 aliphatic heterocycles. The Morgan fingerprint density at radius 2 is 2.07 bits per heavy atom. The van der Waals surface area contributed by atoms with E-state index in [9.17, 15) is 9.90 Å². The highest BCUT2D eigenvalue weighted by atomic mass is 16.3. The number of carbonyl (C=O) groups excluding carboxylic acids is 1. The van der Waals surface area contributed by atoms with Crippen LogP contribution in [0.1, 0.15) is 17.8 Å². The Kier molecular flexibility index (Phi) is 5.18. The summed E-state index contributed by atoms with van der Waals surface area (Å²) in [6.07, 6.45) is 1.70. The SMILES string of the molecule is Cc1ccc(-c2nc(CNC(=O)[C@@H]3C[C@@H](O)CN3)[nH]c2-c2ccccn2)cc1. The van der Waals surface area contributed by atoms with Crippen molar-refractivity contribution in [3.8, 4) is 22.6 Å². The van der Waals surface area contributed by atoms with Gasteiger partial charge in [-0.25, -0.2) is 4.98 Å². The smallest absolute Gasteiger partial charge is 0.237 e. The molecule has 2 aromatic heterocycles. The zero-order valence-electron chi connectivity index (χ0n) is 15.6. The number of aromatic amines is 1. The summed E-state index contributed by atoms with van der Waals surface area (Å²) in [5, 5.41) is 15.5. The number of β-amino-alcohol motifs (C(OH)–C–C–N with tert-alkyl or cyclic N) is 1. The first-order chi connectivity index (χ1) is 13.6. The van der Waals surface area contributed by atoms with Crippen LogP contribution < -0.4 is 10.6 Å². The number of aliphatic hydroxyl groups is 1. The number of H-pyrrole nitrogens is 1. The van der Waals surface area contributed by atoms with Crippen LogP contribution in [0.2, 0.25) is 0 Å². The molecule has 1 amide bonds. The van der Waals surface area contributed by atoms with Gasteiger partial charge < -0.3 is 20.7 Å². The van der Waals surface area contributed by atoms with E-state index in [1.165, 1.54) is 5.56 Å². The fraction of sp³-hybridized carbons (Fsp3) is 0.286. The van der Waals surface area contributed by atoms with Crippen LogP contribution in [0, 0.1) is 6.92 Å². The van der Waals surface area contributed by atoms with E-state index in [4.69, 9.17) is 4.98 Å². The van der Waals surface area contributed by atoms with Gasteiger partial charge in [-0.15, -0.1) is 0 Å². The van der Waals surface area contributed by atoms with E-state index >= 15 is 0 Å². The number of hydrogen-bond donors (Lipinski definition) is 4. The third-order valence-corrected chi connectivity index (χ3v) is 4.85. The van der Waals surface area contributed by atoms with Gasteiger partial charge in [0.15, 0.2) is 0 Å². The molecular weight excluding hydrogens is 354 g/mol. The van der Waals surface area contributed by atoms with Gasteiger partial charge in [0.2, 0.25) is 5.91 Å². The molecule has 1 aliphatic rings. The molecule has 144 valence electrons. The number of nitrogens with one attached hydrogen (secondary N) is 3. The van der Waals surface area contributed by atoms with Crippen molar-refractivity contribution < 1.29 is 9.90 Å². The number of hydrogen-bond acceptors (Lipinski definition) is 5. The number of nitrogens with zero attached hydrogens (tertiary/aromatic N) is 2. The van der Waals surface area contributed by atoms with E-state index in [1.54, 1.807) is 6.20 Å². The maximum atomic E-state index is 12.3. The van der Waals surface area contributed by atoms with Crippen molar-refractivity contribution in [3.63, 3.8) is 0 Å². The normalized spacial score (nSPS) is 18.9. The maximum Gasteiger partial charge on any atom is 0.237 e. The lowest BCUT2D eigenvalue weighted by Gasteiger charge is -2.09. The predicted molar refractivity (Wildman–Crippen MR) is 106 cm³/mol. The molecule has 0 spiro atoms. The number of aromatic nitrogens is 3. The molecule has 1 fully saturated rings.